The van der Waals surface area contributed by atoms with Gasteiger partial charge in [-0.3, -0.25) is 4.79 Å². The summed E-state index contributed by atoms with van der Waals surface area (Å²) >= 11 is 0. The molecular formula is C21H21N3O4S. The van der Waals surface area contributed by atoms with Crippen LogP contribution in [-0.4, -0.2) is 30.1 Å². The number of para-hydroxylation sites is 3. The fourth-order valence-corrected chi connectivity index (χ4v) is 4.05. The van der Waals surface area contributed by atoms with E-state index in [4.69, 9.17) is 4.42 Å². The Bertz CT molecular complexity index is 1270. The zero-order chi connectivity index (χ0) is 20.6. The van der Waals surface area contributed by atoms with Gasteiger partial charge in [0.05, 0.1) is 17.1 Å². The van der Waals surface area contributed by atoms with Crippen molar-refractivity contribution < 1.29 is 17.6 Å². The van der Waals surface area contributed by atoms with E-state index in [-0.39, 0.29) is 24.2 Å². The maximum absolute atomic E-state index is 12.7. The lowest BCUT2D eigenvalue weighted by Gasteiger charge is -2.13. The number of hydrogen-bond acceptors (Lipinski definition) is 5. The van der Waals surface area contributed by atoms with E-state index in [1.807, 2.05) is 55.5 Å². The fraction of sp³-hybridized carbons (Fsp3) is 0.238. The van der Waals surface area contributed by atoms with E-state index < -0.39 is 9.84 Å². The summed E-state index contributed by atoms with van der Waals surface area (Å²) in [5.41, 5.74) is 2.14. The van der Waals surface area contributed by atoms with Gasteiger partial charge in [0.1, 0.15) is 29.5 Å². The van der Waals surface area contributed by atoms with Crippen molar-refractivity contribution in [3.8, 4) is 0 Å². The number of carbonyl (C=O) groups excluding carboxylic acids is 1. The van der Waals surface area contributed by atoms with E-state index in [1.165, 1.54) is 0 Å². The van der Waals surface area contributed by atoms with Crippen molar-refractivity contribution >= 4 is 37.7 Å². The molecule has 0 saturated carbocycles. The summed E-state index contributed by atoms with van der Waals surface area (Å²) in [7, 11) is -3.29. The van der Waals surface area contributed by atoms with Crippen molar-refractivity contribution in [3.63, 3.8) is 0 Å². The highest BCUT2D eigenvalue weighted by atomic mass is 32.2. The van der Waals surface area contributed by atoms with Gasteiger partial charge < -0.3 is 14.3 Å². The Balaban J connectivity index is 1.57. The molecule has 1 N–H and O–H groups in total. The van der Waals surface area contributed by atoms with Gasteiger partial charge in [-0.1, -0.05) is 30.3 Å². The average Bonchev–Trinajstić information content (AvgIpc) is 3.22. The first-order valence-corrected chi connectivity index (χ1v) is 11.3. The minimum Gasteiger partial charge on any atom is -0.459 e. The lowest BCUT2D eigenvalue weighted by molar-refractivity contribution is -0.122. The van der Waals surface area contributed by atoms with Crippen LogP contribution in [0.2, 0.25) is 0 Å². The topological polar surface area (TPSA) is 94.2 Å². The number of nitrogens with one attached hydrogen (secondary N) is 1. The fourth-order valence-electron chi connectivity index (χ4n) is 3.36. The molecule has 1 amide bonds. The molecule has 0 aliphatic carbocycles. The van der Waals surface area contributed by atoms with Crippen LogP contribution in [0.5, 0.6) is 0 Å². The molecule has 0 unspecified atom stereocenters. The van der Waals surface area contributed by atoms with Gasteiger partial charge in [0.25, 0.3) is 0 Å². The van der Waals surface area contributed by atoms with E-state index >= 15 is 0 Å². The van der Waals surface area contributed by atoms with Crippen LogP contribution >= 0.6 is 0 Å². The predicted octanol–water partition coefficient (Wildman–Crippen LogP) is 3.20. The van der Waals surface area contributed by atoms with Crippen LogP contribution in [-0.2, 0) is 26.9 Å². The molecule has 2 aromatic heterocycles. The van der Waals surface area contributed by atoms with E-state index in [0.717, 1.165) is 22.7 Å². The molecule has 4 aromatic rings. The average molecular weight is 411 g/mol. The lowest BCUT2D eigenvalue weighted by atomic mass is 10.2. The van der Waals surface area contributed by atoms with Gasteiger partial charge in [0.15, 0.2) is 9.84 Å². The Morgan fingerprint density at radius 2 is 1.90 bits per heavy atom. The Hall–Kier alpha value is -3.13. The summed E-state index contributed by atoms with van der Waals surface area (Å²) in [5.74, 6) is 0.524. The Kier molecular flexibility index (Phi) is 4.87. The zero-order valence-electron chi connectivity index (χ0n) is 16.1. The number of rotatable bonds is 6. The first kappa shape index (κ1) is 19.2. The van der Waals surface area contributed by atoms with Crippen molar-refractivity contribution in [2.75, 3.05) is 6.26 Å². The van der Waals surface area contributed by atoms with Gasteiger partial charge in [0.2, 0.25) is 5.91 Å². The molecule has 0 aliphatic heterocycles. The molecule has 7 nitrogen and oxygen atoms in total. The number of aromatic nitrogens is 2. The van der Waals surface area contributed by atoms with E-state index in [1.54, 1.807) is 10.6 Å². The van der Waals surface area contributed by atoms with Gasteiger partial charge in [-0.2, -0.15) is 0 Å². The normalized spacial score (nSPS) is 13.0. The Morgan fingerprint density at radius 1 is 1.17 bits per heavy atom. The number of amides is 1. The summed E-state index contributed by atoms with van der Waals surface area (Å²) in [6, 6.07) is 16.5. The SMILES string of the molecule is C[C@@H](NC(=O)Cn1c(CS(C)(=O)=O)nc2ccccc21)c1cc2ccccc2o1. The molecule has 0 bridgehead atoms. The highest BCUT2D eigenvalue weighted by Gasteiger charge is 2.19. The van der Waals surface area contributed by atoms with E-state index in [9.17, 15) is 13.2 Å². The molecule has 2 heterocycles. The van der Waals surface area contributed by atoms with Crippen molar-refractivity contribution in [2.24, 2.45) is 0 Å². The third-order valence-electron chi connectivity index (χ3n) is 4.68. The van der Waals surface area contributed by atoms with Crippen LogP contribution in [0.25, 0.3) is 22.0 Å². The molecule has 0 spiro atoms. The molecule has 4 rings (SSSR count). The number of benzene rings is 2. The van der Waals surface area contributed by atoms with Gasteiger partial charge in [-0.15, -0.1) is 0 Å². The number of sulfone groups is 1. The second kappa shape index (κ2) is 7.36. The van der Waals surface area contributed by atoms with Crippen molar-refractivity contribution in [3.05, 3.63) is 66.2 Å². The number of furan rings is 1. The first-order chi connectivity index (χ1) is 13.8. The second-order valence-corrected chi connectivity index (χ2v) is 9.29. The highest BCUT2D eigenvalue weighted by molar-refractivity contribution is 7.89. The maximum atomic E-state index is 12.7. The maximum Gasteiger partial charge on any atom is 0.240 e. The number of carbonyl (C=O) groups is 1. The molecule has 150 valence electrons. The number of imidazole rings is 1. The molecule has 29 heavy (non-hydrogen) atoms. The van der Waals surface area contributed by atoms with Crippen LogP contribution < -0.4 is 5.32 Å². The van der Waals surface area contributed by atoms with Crippen LogP contribution in [0.3, 0.4) is 0 Å². The molecule has 1 atom stereocenters. The van der Waals surface area contributed by atoms with E-state index in [2.05, 4.69) is 10.3 Å². The van der Waals surface area contributed by atoms with Gasteiger partial charge in [-0.05, 0) is 31.2 Å². The summed E-state index contributed by atoms with van der Waals surface area (Å²) in [5, 5.41) is 3.89. The second-order valence-electron chi connectivity index (χ2n) is 7.15. The van der Waals surface area contributed by atoms with Crippen molar-refractivity contribution in [2.45, 2.75) is 25.3 Å². The third-order valence-corrected chi connectivity index (χ3v) is 5.46. The standard InChI is InChI=1S/C21H21N3O4S/c1-14(19-11-15-7-3-6-10-18(15)28-19)22-21(25)12-24-17-9-5-4-8-16(17)23-20(24)13-29(2,26)27/h3-11,14H,12-13H2,1-2H3,(H,22,25)/t14-/m1/s1. The minimum atomic E-state index is -3.29. The Morgan fingerprint density at radius 3 is 2.66 bits per heavy atom. The van der Waals surface area contributed by atoms with Crippen LogP contribution in [0.1, 0.15) is 24.6 Å². The van der Waals surface area contributed by atoms with Crippen molar-refractivity contribution in [1.29, 1.82) is 0 Å². The third kappa shape index (κ3) is 4.17. The summed E-state index contributed by atoms with van der Waals surface area (Å²) in [6.07, 6.45) is 1.15. The Labute approximate surface area is 168 Å². The predicted molar refractivity (Wildman–Crippen MR) is 111 cm³/mol. The lowest BCUT2D eigenvalue weighted by Crippen LogP contribution is -2.30. The minimum absolute atomic E-state index is 0.0318. The summed E-state index contributed by atoms with van der Waals surface area (Å²) in [4.78, 5) is 17.1. The monoisotopic (exact) mass is 411 g/mol. The molecule has 2 aromatic carbocycles. The molecule has 0 fully saturated rings. The zero-order valence-corrected chi connectivity index (χ0v) is 16.9. The highest BCUT2D eigenvalue weighted by Crippen LogP contribution is 2.24. The number of nitrogens with zero attached hydrogens (tertiary/aromatic N) is 2. The van der Waals surface area contributed by atoms with Gasteiger partial charge in [-0.25, -0.2) is 13.4 Å². The summed E-state index contributed by atoms with van der Waals surface area (Å²) in [6.45, 7) is 1.81. The largest absolute Gasteiger partial charge is 0.459 e. The summed E-state index contributed by atoms with van der Waals surface area (Å²) < 4.78 is 31.1. The quantitative estimate of drug-likeness (QED) is 0.526. The molecule has 0 saturated heterocycles. The first-order valence-electron chi connectivity index (χ1n) is 9.20. The van der Waals surface area contributed by atoms with Gasteiger partial charge >= 0.3 is 0 Å². The number of hydrogen-bond donors (Lipinski definition) is 1. The molecule has 0 radical (unpaired) electrons. The van der Waals surface area contributed by atoms with E-state index in [0.29, 0.717) is 17.1 Å². The van der Waals surface area contributed by atoms with Gasteiger partial charge in [0, 0.05) is 11.6 Å². The molecule has 0 aliphatic rings. The van der Waals surface area contributed by atoms with Crippen molar-refractivity contribution in [1.82, 2.24) is 14.9 Å². The van der Waals surface area contributed by atoms with Crippen LogP contribution in [0.4, 0.5) is 0 Å². The molecular weight excluding hydrogens is 390 g/mol. The van der Waals surface area contributed by atoms with Crippen LogP contribution in [0, 0.1) is 0 Å². The smallest absolute Gasteiger partial charge is 0.240 e. The van der Waals surface area contributed by atoms with Crippen LogP contribution in [0.15, 0.2) is 59.0 Å². The molecule has 8 heteroatoms. The number of fused-ring (bicyclic) bond motifs is 2.